The molecule has 1 atom stereocenters. The molecule has 0 amide bonds. The molecule has 0 aliphatic carbocycles. The topological polar surface area (TPSA) is 35.2 Å². The molecule has 0 bridgehead atoms. The zero-order chi connectivity index (χ0) is 10.4. The maximum absolute atomic E-state index is 6.11. The SMILES string of the molecule is CCOCC(C)(N)Cc1ccccc1. The summed E-state index contributed by atoms with van der Waals surface area (Å²) < 4.78 is 5.35. The normalized spacial score (nSPS) is 15.1. The minimum Gasteiger partial charge on any atom is -0.380 e. The average molecular weight is 193 g/mol. The number of rotatable bonds is 5. The van der Waals surface area contributed by atoms with Gasteiger partial charge in [0, 0.05) is 12.1 Å². The van der Waals surface area contributed by atoms with Crippen LogP contribution in [0.15, 0.2) is 30.3 Å². The zero-order valence-corrected chi connectivity index (χ0v) is 8.99. The first kappa shape index (κ1) is 11.2. The number of hydrogen-bond acceptors (Lipinski definition) is 2. The average Bonchev–Trinajstić information content (AvgIpc) is 2.16. The molecule has 0 saturated heterocycles. The monoisotopic (exact) mass is 193 g/mol. The molecule has 1 aromatic carbocycles. The van der Waals surface area contributed by atoms with Crippen molar-refractivity contribution in [3.05, 3.63) is 35.9 Å². The van der Waals surface area contributed by atoms with E-state index in [-0.39, 0.29) is 5.54 Å². The third-order valence-electron chi connectivity index (χ3n) is 2.09. The van der Waals surface area contributed by atoms with Crippen LogP contribution in [-0.2, 0) is 11.2 Å². The van der Waals surface area contributed by atoms with Crippen LogP contribution >= 0.6 is 0 Å². The van der Waals surface area contributed by atoms with Crippen LogP contribution in [0.2, 0.25) is 0 Å². The van der Waals surface area contributed by atoms with Crippen molar-refractivity contribution in [2.24, 2.45) is 5.73 Å². The van der Waals surface area contributed by atoms with Crippen molar-refractivity contribution in [3.8, 4) is 0 Å². The Kier molecular flexibility index (Phi) is 4.11. The van der Waals surface area contributed by atoms with Gasteiger partial charge in [0.2, 0.25) is 0 Å². The number of ether oxygens (including phenoxy) is 1. The third-order valence-corrected chi connectivity index (χ3v) is 2.09. The van der Waals surface area contributed by atoms with Crippen molar-refractivity contribution in [2.45, 2.75) is 25.8 Å². The fourth-order valence-electron chi connectivity index (χ4n) is 1.45. The Hall–Kier alpha value is -0.860. The minimum atomic E-state index is -0.267. The predicted octanol–water partition coefficient (Wildman–Crippen LogP) is 1.98. The lowest BCUT2D eigenvalue weighted by atomic mass is 9.95. The molecule has 0 aliphatic heterocycles. The molecule has 1 rings (SSSR count). The second-order valence-electron chi connectivity index (χ2n) is 3.95. The van der Waals surface area contributed by atoms with E-state index in [1.54, 1.807) is 0 Å². The van der Waals surface area contributed by atoms with Crippen molar-refractivity contribution in [1.29, 1.82) is 0 Å². The van der Waals surface area contributed by atoms with E-state index >= 15 is 0 Å². The second kappa shape index (κ2) is 5.13. The molecule has 2 N–H and O–H groups in total. The molecule has 0 radical (unpaired) electrons. The summed E-state index contributed by atoms with van der Waals surface area (Å²) in [7, 11) is 0. The van der Waals surface area contributed by atoms with Crippen LogP contribution in [0.3, 0.4) is 0 Å². The summed E-state index contributed by atoms with van der Waals surface area (Å²) in [5, 5.41) is 0. The van der Waals surface area contributed by atoms with Gasteiger partial charge in [-0.15, -0.1) is 0 Å². The lowest BCUT2D eigenvalue weighted by molar-refractivity contribution is 0.101. The highest BCUT2D eigenvalue weighted by molar-refractivity contribution is 5.17. The van der Waals surface area contributed by atoms with Crippen molar-refractivity contribution in [2.75, 3.05) is 13.2 Å². The predicted molar refractivity (Wildman–Crippen MR) is 59.2 cm³/mol. The van der Waals surface area contributed by atoms with Crippen LogP contribution in [0.25, 0.3) is 0 Å². The Balaban J connectivity index is 2.50. The van der Waals surface area contributed by atoms with Gasteiger partial charge in [-0.2, -0.15) is 0 Å². The summed E-state index contributed by atoms with van der Waals surface area (Å²) in [5.74, 6) is 0. The Labute approximate surface area is 86.1 Å². The van der Waals surface area contributed by atoms with Gasteiger partial charge in [-0.3, -0.25) is 0 Å². The molecule has 0 spiro atoms. The molecule has 14 heavy (non-hydrogen) atoms. The van der Waals surface area contributed by atoms with Gasteiger partial charge in [0.1, 0.15) is 0 Å². The first-order chi connectivity index (χ1) is 6.64. The molecule has 0 saturated carbocycles. The van der Waals surface area contributed by atoms with E-state index in [1.807, 2.05) is 32.0 Å². The van der Waals surface area contributed by atoms with Crippen molar-refractivity contribution < 1.29 is 4.74 Å². The van der Waals surface area contributed by atoms with Crippen molar-refractivity contribution in [3.63, 3.8) is 0 Å². The van der Waals surface area contributed by atoms with Crippen LogP contribution in [0, 0.1) is 0 Å². The molecule has 78 valence electrons. The van der Waals surface area contributed by atoms with Crippen LogP contribution in [0.4, 0.5) is 0 Å². The van der Waals surface area contributed by atoms with E-state index in [0.717, 1.165) is 13.0 Å². The lowest BCUT2D eigenvalue weighted by Crippen LogP contribution is -2.43. The molecule has 2 heteroatoms. The summed E-state index contributed by atoms with van der Waals surface area (Å²) in [4.78, 5) is 0. The molecular formula is C12H19NO. The van der Waals surface area contributed by atoms with E-state index in [0.29, 0.717) is 6.61 Å². The summed E-state index contributed by atoms with van der Waals surface area (Å²) in [5.41, 5.74) is 7.10. The second-order valence-corrected chi connectivity index (χ2v) is 3.95. The standard InChI is InChI=1S/C12H19NO/c1-3-14-10-12(2,13)9-11-7-5-4-6-8-11/h4-8H,3,9-10,13H2,1-2H3. The van der Waals surface area contributed by atoms with E-state index < -0.39 is 0 Å². The van der Waals surface area contributed by atoms with Gasteiger partial charge in [0.05, 0.1) is 6.61 Å². The van der Waals surface area contributed by atoms with Gasteiger partial charge < -0.3 is 10.5 Å². The first-order valence-electron chi connectivity index (χ1n) is 5.04. The third kappa shape index (κ3) is 3.90. The molecule has 0 fully saturated rings. The van der Waals surface area contributed by atoms with E-state index in [9.17, 15) is 0 Å². The molecular weight excluding hydrogens is 174 g/mol. The molecule has 2 nitrogen and oxygen atoms in total. The van der Waals surface area contributed by atoms with E-state index in [2.05, 4.69) is 12.1 Å². The van der Waals surface area contributed by atoms with Crippen molar-refractivity contribution in [1.82, 2.24) is 0 Å². The summed E-state index contributed by atoms with van der Waals surface area (Å²) >= 11 is 0. The van der Waals surface area contributed by atoms with Crippen LogP contribution in [0.1, 0.15) is 19.4 Å². The van der Waals surface area contributed by atoms with Crippen molar-refractivity contribution >= 4 is 0 Å². The number of benzene rings is 1. The Morgan fingerprint density at radius 1 is 1.29 bits per heavy atom. The summed E-state index contributed by atoms with van der Waals surface area (Å²) in [6, 6.07) is 10.3. The molecule has 0 aromatic heterocycles. The number of hydrogen-bond donors (Lipinski definition) is 1. The smallest absolute Gasteiger partial charge is 0.0646 e. The summed E-state index contributed by atoms with van der Waals surface area (Å²) in [6.45, 7) is 5.34. The van der Waals surface area contributed by atoms with Gasteiger partial charge in [-0.05, 0) is 25.8 Å². The molecule has 0 heterocycles. The minimum absolute atomic E-state index is 0.267. The van der Waals surface area contributed by atoms with Gasteiger partial charge in [0.15, 0.2) is 0 Å². The van der Waals surface area contributed by atoms with Crippen LogP contribution < -0.4 is 5.73 Å². The highest BCUT2D eigenvalue weighted by Gasteiger charge is 2.18. The quantitative estimate of drug-likeness (QED) is 0.776. The largest absolute Gasteiger partial charge is 0.380 e. The van der Waals surface area contributed by atoms with E-state index in [1.165, 1.54) is 5.56 Å². The fourth-order valence-corrected chi connectivity index (χ4v) is 1.45. The zero-order valence-electron chi connectivity index (χ0n) is 8.99. The van der Waals surface area contributed by atoms with Gasteiger partial charge in [0.25, 0.3) is 0 Å². The van der Waals surface area contributed by atoms with Gasteiger partial charge >= 0.3 is 0 Å². The maximum atomic E-state index is 6.11. The number of nitrogens with two attached hydrogens (primary N) is 1. The van der Waals surface area contributed by atoms with Crippen LogP contribution in [-0.4, -0.2) is 18.8 Å². The highest BCUT2D eigenvalue weighted by atomic mass is 16.5. The Morgan fingerprint density at radius 3 is 2.50 bits per heavy atom. The Morgan fingerprint density at radius 2 is 1.93 bits per heavy atom. The maximum Gasteiger partial charge on any atom is 0.0646 e. The molecule has 1 unspecified atom stereocenters. The van der Waals surface area contributed by atoms with Crippen LogP contribution in [0.5, 0.6) is 0 Å². The Bertz CT molecular complexity index is 256. The lowest BCUT2D eigenvalue weighted by Gasteiger charge is -2.24. The molecule has 1 aromatic rings. The van der Waals surface area contributed by atoms with Gasteiger partial charge in [-0.25, -0.2) is 0 Å². The van der Waals surface area contributed by atoms with Gasteiger partial charge in [-0.1, -0.05) is 30.3 Å². The summed E-state index contributed by atoms with van der Waals surface area (Å²) in [6.07, 6.45) is 0.855. The van der Waals surface area contributed by atoms with E-state index in [4.69, 9.17) is 10.5 Å². The fraction of sp³-hybridized carbons (Fsp3) is 0.500. The highest BCUT2D eigenvalue weighted by Crippen LogP contribution is 2.10. The first-order valence-corrected chi connectivity index (χ1v) is 5.04. The molecule has 0 aliphatic rings.